The summed E-state index contributed by atoms with van der Waals surface area (Å²) in [7, 11) is 0. The van der Waals surface area contributed by atoms with Gasteiger partial charge in [-0.05, 0) is 68.4 Å². The van der Waals surface area contributed by atoms with Crippen molar-refractivity contribution in [1.29, 1.82) is 0 Å². The number of nitrogens with one attached hydrogen (secondary N) is 1. The molecule has 2 amide bonds. The number of imidazole rings is 1. The van der Waals surface area contributed by atoms with Gasteiger partial charge in [-0.15, -0.1) is 0 Å². The number of carbonyl (C=O) groups excluding carboxylic acids is 4. The van der Waals surface area contributed by atoms with Crippen molar-refractivity contribution in [3.8, 4) is 0 Å². The maximum Gasteiger partial charge on any atom is 0.250 e. The Morgan fingerprint density at radius 2 is 1.70 bits per heavy atom. The van der Waals surface area contributed by atoms with E-state index in [1.807, 2.05) is 90.7 Å². The first-order valence-electron chi connectivity index (χ1n) is 18.3. The molecule has 1 aliphatic carbocycles. The molecule has 0 bridgehead atoms. The highest BCUT2D eigenvalue weighted by atomic mass is 16.5. The van der Waals surface area contributed by atoms with E-state index in [0.29, 0.717) is 43.6 Å². The quantitative estimate of drug-likeness (QED) is 0.187. The van der Waals surface area contributed by atoms with E-state index in [1.54, 1.807) is 37.9 Å². The smallest absolute Gasteiger partial charge is 0.250 e. The first kappa shape index (κ1) is 39.0. The van der Waals surface area contributed by atoms with Gasteiger partial charge in [-0.25, -0.2) is 4.98 Å². The largest absolute Gasteiger partial charge is 0.374 e. The fraction of sp³-hybridized carbons (Fsp3) is 0.372. The predicted molar refractivity (Wildman–Crippen MR) is 206 cm³/mol. The molecule has 1 saturated heterocycles. The molecule has 278 valence electrons. The van der Waals surface area contributed by atoms with Crippen molar-refractivity contribution in [1.82, 2.24) is 19.8 Å². The minimum Gasteiger partial charge on any atom is -0.374 e. The number of allylic oxidation sites excluding steroid dienone is 7. The lowest BCUT2D eigenvalue weighted by molar-refractivity contribution is -0.139. The zero-order chi connectivity index (χ0) is 38.0. The highest BCUT2D eigenvalue weighted by molar-refractivity contribution is 6.02. The molecule has 1 aromatic heterocycles. The second-order valence-electron chi connectivity index (χ2n) is 14.4. The lowest BCUT2D eigenvalue weighted by atomic mass is 9.68. The minimum atomic E-state index is -1.20. The van der Waals surface area contributed by atoms with Gasteiger partial charge in [0, 0.05) is 25.7 Å². The highest BCUT2D eigenvalue weighted by Crippen LogP contribution is 2.42. The lowest BCUT2D eigenvalue weighted by Crippen LogP contribution is -2.55. The molecule has 1 fully saturated rings. The molecule has 10 heteroatoms. The highest BCUT2D eigenvalue weighted by Gasteiger charge is 2.44. The molecule has 1 unspecified atom stereocenters. The second kappa shape index (κ2) is 17.6. The molecule has 5 rings (SSSR count). The van der Waals surface area contributed by atoms with Crippen molar-refractivity contribution < 1.29 is 23.9 Å². The van der Waals surface area contributed by atoms with Gasteiger partial charge in [-0.3, -0.25) is 19.2 Å². The van der Waals surface area contributed by atoms with Crippen LogP contribution >= 0.6 is 0 Å². The summed E-state index contributed by atoms with van der Waals surface area (Å²) >= 11 is 0. The van der Waals surface area contributed by atoms with Crippen LogP contribution in [0.15, 0.2) is 115 Å². The molecule has 2 aliphatic rings. The van der Waals surface area contributed by atoms with E-state index in [-0.39, 0.29) is 30.7 Å². The Balaban J connectivity index is 1.35. The number of piperidine rings is 1. The third-order valence-corrected chi connectivity index (χ3v) is 9.97. The van der Waals surface area contributed by atoms with Gasteiger partial charge in [0.2, 0.25) is 11.8 Å². The molecule has 10 nitrogen and oxygen atoms in total. The molecule has 53 heavy (non-hydrogen) atoms. The van der Waals surface area contributed by atoms with Crippen LogP contribution < -0.4 is 11.1 Å². The van der Waals surface area contributed by atoms with E-state index in [2.05, 4.69) is 22.5 Å². The Morgan fingerprint density at radius 3 is 2.36 bits per heavy atom. The number of rotatable bonds is 15. The number of nitrogens with zero attached hydrogens (tertiary/aromatic N) is 3. The minimum absolute atomic E-state index is 0.0518. The van der Waals surface area contributed by atoms with Gasteiger partial charge in [0.25, 0.3) is 0 Å². The standard InChI is InChI=1S/C43H51N5O5/c1-5-38(50)43(34-20-14-6-7-15-21-34)22-24-47(25-23-43)40(51)39(33-18-12-9-13-19-33)48-27-35(45-30-48)31(2)26-37(49)36(46-41(52)42(3,4)44)29-53-28-32-16-10-8-11-17-32/h6-14,16-21,26-27,30,36,39H,5,15,22-25,28-29,44H2,1-4H3,(H,46,52)/b31-26+/t36-,39?/m1/s1. The Morgan fingerprint density at radius 1 is 1.02 bits per heavy atom. The lowest BCUT2D eigenvalue weighted by Gasteiger charge is -2.42. The number of ketones is 2. The SMILES string of the molecule is CCC(=O)C1(C2=CCC=CC=C2)CCN(C(=O)C(c2ccccc2)n2cnc(/C(C)=C/C(=O)[C@@H](COCc3ccccc3)NC(=O)C(C)(C)N)c2)CC1. The summed E-state index contributed by atoms with van der Waals surface area (Å²) in [4.78, 5) is 60.8. The molecule has 3 aromatic rings. The number of benzene rings is 2. The van der Waals surface area contributed by atoms with Crippen LogP contribution in [0.5, 0.6) is 0 Å². The summed E-state index contributed by atoms with van der Waals surface area (Å²) in [6.45, 7) is 7.93. The van der Waals surface area contributed by atoms with Gasteiger partial charge in [0.05, 0.1) is 36.2 Å². The summed E-state index contributed by atoms with van der Waals surface area (Å²) in [5.41, 5.74) is 8.05. The zero-order valence-electron chi connectivity index (χ0n) is 31.2. The van der Waals surface area contributed by atoms with Gasteiger partial charge in [-0.2, -0.15) is 0 Å². The van der Waals surface area contributed by atoms with Crippen LogP contribution in [0.25, 0.3) is 5.57 Å². The van der Waals surface area contributed by atoms with Gasteiger partial charge in [0.15, 0.2) is 5.78 Å². The first-order valence-corrected chi connectivity index (χ1v) is 18.3. The van der Waals surface area contributed by atoms with Crippen molar-refractivity contribution in [3.63, 3.8) is 0 Å². The third kappa shape index (κ3) is 9.63. The number of nitrogens with two attached hydrogens (primary N) is 1. The Labute approximate surface area is 312 Å². The zero-order valence-corrected chi connectivity index (χ0v) is 31.2. The Hall–Kier alpha value is -5.19. The summed E-state index contributed by atoms with van der Waals surface area (Å²) < 4.78 is 7.62. The molecular weight excluding hydrogens is 667 g/mol. The predicted octanol–water partition coefficient (Wildman–Crippen LogP) is 5.91. The fourth-order valence-electron chi connectivity index (χ4n) is 6.84. The molecule has 2 atom stereocenters. The number of hydrogen-bond acceptors (Lipinski definition) is 7. The number of carbonyl (C=O) groups is 4. The number of ether oxygens (including phenoxy) is 1. The van der Waals surface area contributed by atoms with E-state index in [9.17, 15) is 19.2 Å². The van der Waals surface area contributed by atoms with Crippen molar-refractivity contribution in [2.45, 2.75) is 77.6 Å². The van der Waals surface area contributed by atoms with Crippen LogP contribution in [-0.2, 0) is 30.5 Å². The van der Waals surface area contributed by atoms with E-state index in [1.165, 1.54) is 6.08 Å². The number of amides is 2. The summed E-state index contributed by atoms with van der Waals surface area (Å²) in [6, 6.07) is 17.4. The molecule has 2 aromatic carbocycles. The molecule has 0 radical (unpaired) electrons. The van der Waals surface area contributed by atoms with Crippen LogP contribution in [0.4, 0.5) is 0 Å². The number of Topliss-reactive ketones (excluding diaryl/α,β-unsaturated/α-hetero) is 1. The summed E-state index contributed by atoms with van der Waals surface area (Å²) in [5, 5.41) is 2.75. The summed E-state index contributed by atoms with van der Waals surface area (Å²) in [6.07, 6.45) is 17.4. The molecule has 0 spiro atoms. The molecule has 1 aliphatic heterocycles. The number of likely N-dealkylation sites (tertiary alicyclic amines) is 1. The van der Waals surface area contributed by atoms with E-state index >= 15 is 0 Å². The first-order chi connectivity index (χ1) is 25.4. The van der Waals surface area contributed by atoms with Crippen LogP contribution in [0, 0.1) is 5.41 Å². The normalized spacial score (nSPS) is 17.0. The maximum atomic E-state index is 14.4. The number of hydrogen-bond donors (Lipinski definition) is 2. The van der Waals surface area contributed by atoms with Crippen molar-refractivity contribution in [3.05, 3.63) is 132 Å². The monoisotopic (exact) mass is 717 g/mol. The molecule has 2 heterocycles. The van der Waals surface area contributed by atoms with E-state index in [0.717, 1.165) is 23.1 Å². The van der Waals surface area contributed by atoms with Gasteiger partial charge in [0.1, 0.15) is 17.9 Å². The van der Waals surface area contributed by atoms with Crippen LogP contribution in [0.2, 0.25) is 0 Å². The van der Waals surface area contributed by atoms with Crippen LogP contribution in [-0.4, -0.2) is 69.1 Å². The van der Waals surface area contributed by atoms with Crippen LogP contribution in [0.3, 0.4) is 0 Å². The number of aromatic nitrogens is 2. The Bertz CT molecular complexity index is 1880. The topological polar surface area (TPSA) is 137 Å². The van der Waals surface area contributed by atoms with Crippen molar-refractivity contribution >= 4 is 29.0 Å². The fourth-order valence-corrected chi connectivity index (χ4v) is 6.84. The van der Waals surface area contributed by atoms with E-state index < -0.39 is 28.9 Å². The van der Waals surface area contributed by atoms with Crippen molar-refractivity contribution in [2.24, 2.45) is 11.1 Å². The molecular formula is C43H51N5O5. The van der Waals surface area contributed by atoms with Gasteiger partial charge >= 0.3 is 0 Å². The second-order valence-corrected chi connectivity index (χ2v) is 14.4. The maximum absolute atomic E-state index is 14.4. The van der Waals surface area contributed by atoms with Gasteiger partial charge < -0.3 is 25.3 Å². The Kier molecular flexibility index (Phi) is 12.9. The van der Waals surface area contributed by atoms with E-state index in [4.69, 9.17) is 10.5 Å². The van der Waals surface area contributed by atoms with Gasteiger partial charge in [-0.1, -0.05) is 98.0 Å². The van der Waals surface area contributed by atoms with Crippen molar-refractivity contribution in [2.75, 3.05) is 19.7 Å². The third-order valence-electron chi connectivity index (χ3n) is 9.97. The molecule has 3 N–H and O–H groups in total. The average Bonchev–Trinajstić information content (AvgIpc) is 3.48. The molecule has 0 saturated carbocycles. The van der Waals surface area contributed by atoms with Crippen LogP contribution in [0.1, 0.15) is 76.2 Å². The summed E-state index contributed by atoms with van der Waals surface area (Å²) in [5.74, 6) is -0.738. The average molecular weight is 718 g/mol.